The van der Waals surface area contributed by atoms with E-state index in [1.165, 1.54) is 19.3 Å². The molecule has 1 unspecified atom stereocenters. The molecule has 106 valence electrons. The van der Waals surface area contributed by atoms with E-state index in [4.69, 9.17) is 0 Å². The molecule has 1 aliphatic heterocycles. The monoisotopic (exact) mass is 255 g/mol. The number of piperidine rings is 1. The van der Waals surface area contributed by atoms with Crippen molar-refractivity contribution >= 4 is 5.91 Å². The molecule has 2 N–H and O–H groups in total. The van der Waals surface area contributed by atoms with Crippen molar-refractivity contribution in [3.63, 3.8) is 0 Å². The molecule has 1 aliphatic rings. The first kappa shape index (κ1) is 15.4. The van der Waals surface area contributed by atoms with E-state index < -0.39 is 0 Å². The van der Waals surface area contributed by atoms with Gasteiger partial charge in [0.15, 0.2) is 0 Å². The summed E-state index contributed by atoms with van der Waals surface area (Å²) in [5.41, 5.74) is 0. The first-order chi connectivity index (χ1) is 8.76. The Morgan fingerprint density at radius 1 is 1.28 bits per heavy atom. The van der Waals surface area contributed by atoms with Crippen LogP contribution in [0.1, 0.15) is 39.5 Å². The van der Waals surface area contributed by atoms with Crippen molar-refractivity contribution in [2.45, 2.75) is 39.5 Å². The zero-order valence-electron chi connectivity index (χ0n) is 12.0. The normalized spacial score (nSPS) is 20.9. The number of rotatable bonds is 8. The Morgan fingerprint density at radius 3 is 2.78 bits per heavy atom. The van der Waals surface area contributed by atoms with Crippen LogP contribution >= 0.6 is 0 Å². The van der Waals surface area contributed by atoms with Crippen LogP contribution in [0.3, 0.4) is 0 Å². The highest BCUT2D eigenvalue weighted by atomic mass is 16.2. The van der Waals surface area contributed by atoms with Crippen LogP contribution in [0.15, 0.2) is 0 Å². The minimum atomic E-state index is 0.180. The summed E-state index contributed by atoms with van der Waals surface area (Å²) in [5, 5.41) is 6.44. The van der Waals surface area contributed by atoms with Gasteiger partial charge in [0.1, 0.15) is 0 Å². The highest BCUT2D eigenvalue weighted by Crippen LogP contribution is 2.15. The third kappa shape index (κ3) is 6.36. The summed E-state index contributed by atoms with van der Waals surface area (Å²) in [7, 11) is 0. The summed E-state index contributed by atoms with van der Waals surface area (Å²) < 4.78 is 0. The summed E-state index contributed by atoms with van der Waals surface area (Å²) >= 11 is 0. The lowest BCUT2D eigenvalue weighted by molar-refractivity contribution is -0.122. The molecule has 0 spiro atoms. The number of amides is 1. The van der Waals surface area contributed by atoms with Crippen LogP contribution in [0.5, 0.6) is 0 Å². The largest absolute Gasteiger partial charge is 0.355 e. The second-order valence-electron chi connectivity index (χ2n) is 5.30. The highest BCUT2D eigenvalue weighted by molar-refractivity contribution is 5.77. The minimum absolute atomic E-state index is 0.180. The first-order valence-electron chi connectivity index (χ1n) is 7.46. The van der Waals surface area contributed by atoms with Gasteiger partial charge in [-0.05, 0) is 51.2 Å². The van der Waals surface area contributed by atoms with Crippen molar-refractivity contribution in [1.82, 2.24) is 15.5 Å². The van der Waals surface area contributed by atoms with Gasteiger partial charge in [-0.25, -0.2) is 0 Å². The molecule has 1 saturated heterocycles. The fourth-order valence-electron chi connectivity index (χ4n) is 2.47. The average Bonchev–Trinajstić information content (AvgIpc) is 2.37. The number of nitrogens with one attached hydrogen (secondary N) is 2. The van der Waals surface area contributed by atoms with Crippen molar-refractivity contribution in [1.29, 1.82) is 0 Å². The van der Waals surface area contributed by atoms with E-state index in [-0.39, 0.29) is 5.91 Å². The average molecular weight is 255 g/mol. The van der Waals surface area contributed by atoms with E-state index in [0.29, 0.717) is 12.5 Å². The molecule has 4 nitrogen and oxygen atoms in total. The lowest BCUT2D eigenvalue weighted by atomic mass is 9.98. The van der Waals surface area contributed by atoms with Gasteiger partial charge in [0, 0.05) is 13.1 Å². The lowest BCUT2D eigenvalue weighted by Gasteiger charge is -2.32. The van der Waals surface area contributed by atoms with E-state index in [1.807, 2.05) is 0 Å². The molecular weight excluding hydrogens is 226 g/mol. The maximum Gasteiger partial charge on any atom is 0.234 e. The van der Waals surface area contributed by atoms with Crippen LogP contribution in [-0.2, 0) is 4.79 Å². The standard InChI is InChI=1S/C14H29N3O/c1-3-7-15-10-13-6-5-9-17(11-13)12-14(18)16-8-4-2/h13,15H,3-12H2,1-2H3,(H,16,18). The molecule has 1 heterocycles. The van der Waals surface area contributed by atoms with Gasteiger partial charge in [-0.3, -0.25) is 9.69 Å². The van der Waals surface area contributed by atoms with E-state index in [1.54, 1.807) is 0 Å². The number of hydrogen-bond donors (Lipinski definition) is 2. The maximum atomic E-state index is 11.7. The number of likely N-dealkylation sites (tertiary alicyclic amines) is 1. The van der Waals surface area contributed by atoms with Crippen LogP contribution < -0.4 is 10.6 Å². The van der Waals surface area contributed by atoms with E-state index in [0.717, 1.165) is 39.1 Å². The van der Waals surface area contributed by atoms with Crippen LogP contribution in [0.2, 0.25) is 0 Å². The third-order valence-corrected chi connectivity index (χ3v) is 3.40. The predicted octanol–water partition coefficient (Wildman–Crippen LogP) is 1.22. The smallest absolute Gasteiger partial charge is 0.234 e. The van der Waals surface area contributed by atoms with Crippen LogP contribution in [-0.4, -0.2) is 50.1 Å². The molecule has 0 aromatic carbocycles. The Morgan fingerprint density at radius 2 is 2.06 bits per heavy atom. The molecule has 18 heavy (non-hydrogen) atoms. The van der Waals surface area contributed by atoms with Gasteiger partial charge in [0.2, 0.25) is 5.91 Å². The zero-order chi connectivity index (χ0) is 13.2. The summed E-state index contributed by atoms with van der Waals surface area (Å²) in [6.45, 7) is 9.99. The molecular formula is C14H29N3O. The topological polar surface area (TPSA) is 44.4 Å². The van der Waals surface area contributed by atoms with Crippen LogP contribution in [0, 0.1) is 5.92 Å². The molecule has 0 bridgehead atoms. The third-order valence-electron chi connectivity index (χ3n) is 3.40. The number of carbonyl (C=O) groups is 1. The molecule has 1 rings (SSSR count). The van der Waals surface area contributed by atoms with Gasteiger partial charge in [-0.1, -0.05) is 13.8 Å². The Hall–Kier alpha value is -0.610. The van der Waals surface area contributed by atoms with Gasteiger partial charge >= 0.3 is 0 Å². The summed E-state index contributed by atoms with van der Waals surface area (Å²) in [6.07, 6.45) is 4.72. The van der Waals surface area contributed by atoms with E-state index >= 15 is 0 Å². The first-order valence-corrected chi connectivity index (χ1v) is 7.46. The summed E-state index contributed by atoms with van der Waals surface area (Å²) in [6, 6.07) is 0. The molecule has 1 atom stereocenters. The fraction of sp³-hybridized carbons (Fsp3) is 0.929. The van der Waals surface area contributed by atoms with Crippen molar-refractivity contribution in [3.05, 3.63) is 0 Å². The number of hydrogen-bond acceptors (Lipinski definition) is 3. The predicted molar refractivity (Wildman–Crippen MR) is 75.6 cm³/mol. The van der Waals surface area contributed by atoms with E-state index in [2.05, 4.69) is 29.4 Å². The van der Waals surface area contributed by atoms with E-state index in [9.17, 15) is 4.79 Å². The molecule has 1 amide bonds. The lowest BCUT2D eigenvalue weighted by Crippen LogP contribution is -2.44. The van der Waals surface area contributed by atoms with Crippen LogP contribution in [0.25, 0.3) is 0 Å². The molecule has 1 fully saturated rings. The van der Waals surface area contributed by atoms with Gasteiger partial charge in [-0.15, -0.1) is 0 Å². The van der Waals surface area contributed by atoms with Gasteiger partial charge < -0.3 is 10.6 Å². The van der Waals surface area contributed by atoms with Crippen molar-refractivity contribution < 1.29 is 4.79 Å². The molecule has 0 aromatic rings. The van der Waals surface area contributed by atoms with Gasteiger partial charge in [0.25, 0.3) is 0 Å². The SMILES string of the molecule is CCCNCC1CCCN(CC(=O)NCCC)C1. The van der Waals surface area contributed by atoms with Crippen molar-refractivity contribution in [2.24, 2.45) is 5.92 Å². The Kier molecular flexibility index (Phi) is 8.01. The molecule has 0 saturated carbocycles. The number of carbonyl (C=O) groups excluding carboxylic acids is 1. The molecule has 0 aromatic heterocycles. The minimum Gasteiger partial charge on any atom is -0.355 e. The molecule has 0 aliphatic carbocycles. The number of nitrogens with zero attached hydrogens (tertiary/aromatic N) is 1. The molecule has 4 heteroatoms. The second-order valence-corrected chi connectivity index (χ2v) is 5.30. The van der Waals surface area contributed by atoms with Gasteiger partial charge in [-0.2, -0.15) is 0 Å². The van der Waals surface area contributed by atoms with Crippen LogP contribution in [0.4, 0.5) is 0 Å². The highest BCUT2D eigenvalue weighted by Gasteiger charge is 2.20. The second kappa shape index (κ2) is 9.34. The zero-order valence-corrected chi connectivity index (χ0v) is 12.0. The Bertz CT molecular complexity index is 233. The summed E-state index contributed by atoms with van der Waals surface area (Å²) in [4.78, 5) is 14.0. The Balaban J connectivity index is 2.19. The quantitative estimate of drug-likeness (QED) is 0.641. The van der Waals surface area contributed by atoms with Crippen molar-refractivity contribution in [3.8, 4) is 0 Å². The molecule has 0 radical (unpaired) electrons. The fourth-order valence-corrected chi connectivity index (χ4v) is 2.47. The maximum absolute atomic E-state index is 11.7. The summed E-state index contributed by atoms with van der Waals surface area (Å²) in [5.74, 6) is 0.892. The van der Waals surface area contributed by atoms with Gasteiger partial charge in [0.05, 0.1) is 6.54 Å². The Labute approximate surface area is 111 Å². The van der Waals surface area contributed by atoms with Crippen molar-refractivity contribution in [2.75, 3.05) is 39.3 Å².